The quantitative estimate of drug-likeness (QED) is 0.215. The van der Waals surface area contributed by atoms with Crippen LogP contribution in [0.25, 0.3) is 0 Å². The van der Waals surface area contributed by atoms with Gasteiger partial charge in [0.25, 0.3) is 0 Å². The second kappa shape index (κ2) is 14.8. The van der Waals surface area contributed by atoms with Crippen LogP contribution in [0.5, 0.6) is 5.75 Å². The minimum Gasteiger partial charge on any atom is -0.493 e. The van der Waals surface area contributed by atoms with Crippen molar-refractivity contribution < 1.29 is 9.47 Å². The molecule has 1 aliphatic rings. The number of aliphatic imine (C=N–C) groups is 1. The fourth-order valence-corrected chi connectivity index (χ4v) is 3.33. The zero-order valence-electron chi connectivity index (χ0n) is 18.5. The maximum absolute atomic E-state index is 5.98. The minimum absolute atomic E-state index is 0. The molecule has 7 heteroatoms. The molecule has 0 aliphatic carbocycles. The average Bonchev–Trinajstić information content (AvgIpc) is 2.69. The normalized spacial score (nSPS) is 15.7. The van der Waals surface area contributed by atoms with Crippen molar-refractivity contribution in [2.45, 2.75) is 39.7 Å². The van der Waals surface area contributed by atoms with Crippen molar-refractivity contribution in [3.05, 3.63) is 29.3 Å². The van der Waals surface area contributed by atoms with Crippen molar-refractivity contribution >= 4 is 29.9 Å². The van der Waals surface area contributed by atoms with Gasteiger partial charge in [0.15, 0.2) is 5.96 Å². The number of benzene rings is 1. The Labute approximate surface area is 193 Å². The van der Waals surface area contributed by atoms with E-state index in [9.17, 15) is 0 Å². The maximum atomic E-state index is 5.98. The van der Waals surface area contributed by atoms with Crippen LogP contribution in [0.15, 0.2) is 23.2 Å². The third-order valence-electron chi connectivity index (χ3n) is 5.12. The van der Waals surface area contributed by atoms with Gasteiger partial charge in [-0.1, -0.05) is 12.1 Å². The van der Waals surface area contributed by atoms with Gasteiger partial charge in [-0.25, -0.2) is 4.99 Å². The van der Waals surface area contributed by atoms with Crippen molar-refractivity contribution in [1.82, 2.24) is 15.5 Å². The second-order valence-electron chi connectivity index (χ2n) is 7.63. The molecule has 0 radical (unpaired) electrons. The van der Waals surface area contributed by atoms with Crippen molar-refractivity contribution in [2.75, 3.05) is 53.6 Å². The van der Waals surface area contributed by atoms with Crippen LogP contribution in [0.3, 0.4) is 0 Å². The number of methoxy groups -OCH3 is 1. The van der Waals surface area contributed by atoms with E-state index in [0.29, 0.717) is 19.8 Å². The largest absolute Gasteiger partial charge is 0.493 e. The fraction of sp³-hybridized carbons (Fsp3) is 0.682. The van der Waals surface area contributed by atoms with Crippen LogP contribution >= 0.6 is 24.0 Å². The number of nitrogens with zero attached hydrogens (tertiary/aromatic N) is 2. The summed E-state index contributed by atoms with van der Waals surface area (Å²) >= 11 is 0. The standard InChI is InChI=1S/C22H38N4O2.HI/c1-5-23-22(24-16-19-9-11-26(3)12-10-19)25-17-20-8-7-18(2)15-21(20)28-14-6-13-27-4;/h7-8,15,19H,5-6,9-14,16-17H2,1-4H3,(H2,23,24,25);1H. The highest BCUT2D eigenvalue weighted by Crippen LogP contribution is 2.21. The lowest BCUT2D eigenvalue weighted by Crippen LogP contribution is -2.42. The number of hydrogen-bond acceptors (Lipinski definition) is 4. The molecule has 1 aromatic carbocycles. The van der Waals surface area contributed by atoms with Gasteiger partial charge in [0.05, 0.1) is 13.2 Å². The van der Waals surface area contributed by atoms with Crippen LogP contribution in [-0.2, 0) is 11.3 Å². The zero-order valence-corrected chi connectivity index (χ0v) is 20.8. The fourth-order valence-electron chi connectivity index (χ4n) is 3.33. The first-order valence-corrected chi connectivity index (χ1v) is 10.5. The molecule has 1 aromatic rings. The first-order valence-electron chi connectivity index (χ1n) is 10.5. The first kappa shape index (κ1) is 26.0. The average molecular weight is 518 g/mol. The molecule has 0 spiro atoms. The highest BCUT2D eigenvalue weighted by molar-refractivity contribution is 14.0. The Balaban J connectivity index is 0.00000420. The molecule has 1 heterocycles. The molecule has 1 fully saturated rings. The van der Waals surface area contributed by atoms with E-state index in [-0.39, 0.29) is 24.0 Å². The lowest BCUT2D eigenvalue weighted by Gasteiger charge is -2.29. The lowest BCUT2D eigenvalue weighted by molar-refractivity contribution is 0.172. The van der Waals surface area contributed by atoms with Crippen LogP contribution in [0.2, 0.25) is 0 Å². The Morgan fingerprint density at radius 1 is 1.21 bits per heavy atom. The molecular formula is C22H39IN4O2. The van der Waals surface area contributed by atoms with Crippen LogP contribution < -0.4 is 15.4 Å². The summed E-state index contributed by atoms with van der Waals surface area (Å²) in [5.74, 6) is 2.53. The Hall–Kier alpha value is -1.06. The molecule has 6 nitrogen and oxygen atoms in total. The summed E-state index contributed by atoms with van der Waals surface area (Å²) in [5.41, 5.74) is 2.31. The molecule has 0 aromatic heterocycles. The van der Waals surface area contributed by atoms with Crippen LogP contribution in [0.4, 0.5) is 0 Å². The van der Waals surface area contributed by atoms with Gasteiger partial charge in [0, 0.05) is 38.8 Å². The van der Waals surface area contributed by atoms with E-state index in [0.717, 1.165) is 42.7 Å². The molecule has 166 valence electrons. The van der Waals surface area contributed by atoms with Crippen molar-refractivity contribution in [3.63, 3.8) is 0 Å². The number of ether oxygens (including phenoxy) is 2. The van der Waals surface area contributed by atoms with Crippen molar-refractivity contribution in [3.8, 4) is 5.75 Å². The number of nitrogens with one attached hydrogen (secondary N) is 2. The van der Waals surface area contributed by atoms with E-state index in [1.54, 1.807) is 7.11 Å². The van der Waals surface area contributed by atoms with Gasteiger partial charge >= 0.3 is 0 Å². The molecular weight excluding hydrogens is 479 g/mol. The second-order valence-corrected chi connectivity index (χ2v) is 7.63. The number of rotatable bonds is 10. The third kappa shape index (κ3) is 10.00. The van der Waals surface area contributed by atoms with E-state index in [1.165, 1.54) is 31.5 Å². The third-order valence-corrected chi connectivity index (χ3v) is 5.12. The molecule has 29 heavy (non-hydrogen) atoms. The summed E-state index contributed by atoms with van der Waals surface area (Å²) in [6.45, 7) is 10.4. The molecule has 2 N–H and O–H groups in total. The molecule has 0 amide bonds. The molecule has 1 saturated heterocycles. The summed E-state index contributed by atoms with van der Waals surface area (Å²) < 4.78 is 11.1. The Morgan fingerprint density at radius 2 is 1.97 bits per heavy atom. The van der Waals surface area contributed by atoms with E-state index >= 15 is 0 Å². The number of likely N-dealkylation sites (tertiary alicyclic amines) is 1. The SMILES string of the molecule is CCNC(=NCc1ccc(C)cc1OCCCOC)NCC1CCN(C)CC1.I. The summed E-state index contributed by atoms with van der Waals surface area (Å²) in [6.07, 6.45) is 3.38. The minimum atomic E-state index is 0. The summed E-state index contributed by atoms with van der Waals surface area (Å²) in [7, 11) is 3.92. The van der Waals surface area contributed by atoms with Gasteiger partial charge < -0.3 is 25.0 Å². The number of hydrogen-bond donors (Lipinski definition) is 2. The summed E-state index contributed by atoms with van der Waals surface area (Å²) in [5, 5.41) is 6.89. The Kier molecular flexibility index (Phi) is 13.3. The molecule has 0 unspecified atom stereocenters. The molecule has 0 atom stereocenters. The van der Waals surface area contributed by atoms with E-state index in [1.807, 2.05) is 0 Å². The summed E-state index contributed by atoms with van der Waals surface area (Å²) in [6, 6.07) is 6.33. The topological polar surface area (TPSA) is 58.1 Å². The van der Waals surface area contributed by atoms with E-state index < -0.39 is 0 Å². The Morgan fingerprint density at radius 3 is 2.66 bits per heavy atom. The van der Waals surface area contributed by atoms with Crippen LogP contribution in [0.1, 0.15) is 37.3 Å². The Bertz CT molecular complexity index is 604. The van der Waals surface area contributed by atoms with Crippen molar-refractivity contribution in [1.29, 1.82) is 0 Å². The molecule has 1 aliphatic heterocycles. The van der Waals surface area contributed by atoms with Gasteiger partial charge in [-0.2, -0.15) is 0 Å². The van der Waals surface area contributed by atoms with E-state index in [2.05, 4.69) is 54.6 Å². The zero-order chi connectivity index (χ0) is 20.2. The highest BCUT2D eigenvalue weighted by atomic mass is 127. The number of guanidine groups is 1. The number of aryl methyl sites for hydroxylation is 1. The predicted octanol–water partition coefficient (Wildman–Crippen LogP) is 3.43. The number of piperidine rings is 1. The summed E-state index contributed by atoms with van der Waals surface area (Å²) in [4.78, 5) is 7.20. The van der Waals surface area contributed by atoms with Crippen LogP contribution in [-0.4, -0.2) is 64.4 Å². The highest BCUT2D eigenvalue weighted by Gasteiger charge is 2.16. The molecule has 0 bridgehead atoms. The van der Waals surface area contributed by atoms with Gasteiger partial charge in [-0.3, -0.25) is 0 Å². The molecule has 2 rings (SSSR count). The first-order chi connectivity index (χ1) is 13.6. The van der Waals surface area contributed by atoms with Gasteiger partial charge in [0.1, 0.15) is 5.75 Å². The maximum Gasteiger partial charge on any atom is 0.191 e. The van der Waals surface area contributed by atoms with Crippen molar-refractivity contribution in [2.24, 2.45) is 10.9 Å². The monoisotopic (exact) mass is 518 g/mol. The van der Waals surface area contributed by atoms with Gasteiger partial charge in [-0.05, 0) is 64.4 Å². The van der Waals surface area contributed by atoms with Crippen LogP contribution in [0, 0.1) is 12.8 Å². The smallest absolute Gasteiger partial charge is 0.191 e. The lowest BCUT2D eigenvalue weighted by atomic mass is 9.97. The van der Waals surface area contributed by atoms with E-state index in [4.69, 9.17) is 14.5 Å². The van der Waals surface area contributed by atoms with Gasteiger partial charge in [0.2, 0.25) is 0 Å². The van der Waals surface area contributed by atoms with Gasteiger partial charge in [-0.15, -0.1) is 24.0 Å². The number of halogens is 1. The predicted molar refractivity (Wildman–Crippen MR) is 132 cm³/mol. The molecule has 0 saturated carbocycles.